The zero-order valence-corrected chi connectivity index (χ0v) is 17.0. The van der Waals surface area contributed by atoms with Gasteiger partial charge in [-0.05, 0) is 34.9 Å². The maximum absolute atomic E-state index is 12.4. The van der Waals surface area contributed by atoms with Gasteiger partial charge >= 0.3 is 0 Å². The highest BCUT2D eigenvalue weighted by Gasteiger charge is 2.31. The zero-order chi connectivity index (χ0) is 19.7. The number of carbonyl (C=O) groups is 1. The first-order chi connectivity index (χ1) is 13.6. The lowest BCUT2D eigenvalue weighted by Crippen LogP contribution is -2.37. The molecule has 0 N–H and O–H groups in total. The molecule has 3 aromatic rings. The van der Waals surface area contributed by atoms with Crippen molar-refractivity contribution >= 4 is 28.8 Å². The van der Waals surface area contributed by atoms with Crippen LogP contribution in [0, 0.1) is 0 Å². The summed E-state index contributed by atoms with van der Waals surface area (Å²) in [6.07, 6.45) is 4.89. The summed E-state index contributed by atoms with van der Waals surface area (Å²) >= 11 is 7.86. The minimum atomic E-state index is -0.0688. The fraction of sp³-hybridized carbons (Fsp3) is 0.182. The number of rotatable bonds is 4. The second-order valence-corrected chi connectivity index (χ2v) is 8.37. The van der Waals surface area contributed by atoms with E-state index in [1.54, 1.807) is 13.3 Å². The van der Waals surface area contributed by atoms with Gasteiger partial charge in [0.2, 0.25) is 5.91 Å². The topological polar surface area (TPSA) is 42.4 Å². The molecule has 6 heteroatoms. The molecule has 1 aromatic carbocycles. The Labute approximate surface area is 173 Å². The summed E-state index contributed by atoms with van der Waals surface area (Å²) in [5.74, 6) is 0.665. The van der Waals surface area contributed by atoms with Gasteiger partial charge in [-0.1, -0.05) is 42.4 Å². The second kappa shape index (κ2) is 7.78. The van der Waals surface area contributed by atoms with Gasteiger partial charge in [0.05, 0.1) is 24.2 Å². The van der Waals surface area contributed by atoms with Gasteiger partial charge in [-0.25, -0.2) is 0 Å². The Kier molecular flexibility index (Phi) is 5.20. The lowest BCUT2D eigenvalue weighted by atomic mass is 9.84. The van der Waals surface area contributed by atoms with Crippen molar-refractivity contribution in [1.82, 2.24) is 9.88 Å². The standard InChI is InChI=1S/C22H19ClN2O2S/c1-3-22(26)25-12-19(18-9-21(23)28-20(18)13-25)17-7-5-4-6-16(17)14-8-15(27-2)11-24-10-14/h3-11,19H,1,12-13H2,2H3/t19-/m0/s1. The smallest absolute Gasteiger partial charge is 0.246 e. The minimum Gasteiger partial charge on any atom is -0.495 e. The Morgan fingerprint density at radius 3 is 2.93 bits per heavy atom. The molecule has 0 radical (unpaired) electrons. The van der Waals surface area contributed by atoms with Crippen molar-refractivity contribution in [3.8, 4) is 16.9 Å². The van der Waals surface area contributed by atoms with E-state index in [-0.39, 0.29) is 11.8 Å². The third-order valence-electron chi connectivity index (χ3n) is 5.01. The first-order valence-electron chi connectivity index (χ1n) is 8.88. The van der Waals surface area contributed by atoms with Crippen LogP contribution in [0.25, 0.3) is 11.1 Å². The number of fused-ring (bicyclic) bond motifs is 1. The highest BCUT2D eigenvalue weighted by molar-refractivity contribution is 7.16. The molecule has 0 saturated carbocycles. The van der Waals surface area contributed by atoms with Crippen LogP contribution >= 0.6 is 22.9 Å². The Morgan fingerprint density at radius 1 is 1.32 bits per heavy atom. The highest BCUT2D eigenvalue weighted by Crippen LogP contribution is 2.43. The number of ether oxygens (including phenoxy) is 1. The monoisotopic (exact) mass is 410 g/mol. The Balaban J connectivity index is 1.84. The maximum Gasteiger partial charge on any atom is 0.246 e. The van der Waals surface area contributed by atoms with E-state index in [0.29, 0.717) is 18.8 Å². The van der Waals surface area contributed by atoms with Gasteiger partial charge in [0.25, 0.3) is 0 Å². The molecule has 1 aliphatic rings. The van der Waals surface area contributed by atoms with Gasteiger partial charge < -0.3 is 9.64 Å². The minimum absolute atomic E-state index is 0.0267. The number of halogens is 1. The van der Waals surface area contributed by atoms with Crippen molar-refractivity contribution in [2.75, 3.05) is 13.7 Å². The average Bonchev–Trinajstić information content (AvgIpc) is 3.12. The molecule has 0 fully saturated rings. The molecule has 0 unspecified atom stereocenters. The Morgan fingerprint density at radius 2 is 2.14 bits per heavy atom. The molecule has 0 spiro atoms. The zero-order valence-electron chi connectivity index (χ0n) is 15.4. The van der Waals surface area contributed by atoms with E-state index in [4.69, 9.17) is 16.3 Å². The first kappa shape index (κ1) is 18.7. The van der Waals surface area contributed by atoms with Gasteiger partial charge in [0.1, 0.15) is 5.75 Å². The molecule has 1 atom stereocenters. The van der Waals surface area contributed by atoms with Crippen molar-refractivity contribution < 1.29 is 9.53 Å². The third-order valence-corrected chi connectivity index (χ3v) is 6.27. The molecular formula is C22H19ClN2O2S. The number of nitrogens with zero attached hydrogens (tertiary/aromatic N) is 2. The summed E-state index contributed by atoms with van der Waals surface area (Å²) in [7, 11) is 1.63. The highest BCUT2D eigenvalue weighted by atomic mass is 35.5. The van der Waals surface area contributed by atoms with Crippen molar-refractivity contribution in [1.29, 1.82) is 0 Å². The van der Waals surface area contributed by atoms with Crippen LogP contribution in [0.1, 0.15) is 21.9 Å². The molecule has 4 rings (SSSR count). The van der Waals surface area contributed by atoms with Gasteiger partial charge in [-0.15, -0.1) is 11.3 Å². The summed E-state index contributed by atoms with van der Waals surface area (Å²) in [6.45, 7) is 4.79. The molecule has 1 amide bonds. The number of thiophene rings is 1. The Hall–Kier alpha value is -2.63. The Bertz CT molecular complexity index is 1050. The normalized spacial score (nSPS) is 15.8. The molecule has 28 heavy (non-hydrogen) atoms. The second-order valence-electron chi connectivity index (χ2n) is 6.61. The van der Waals surface area contributed by atoms with Crippen LogP contribution in [0.3, 0.4) is 0 Å². The van der Waals surface area contributed by atoms with Crippen LogP contribution in [0.2, 0.25) is 4.34 Å². The molecule has 4 nitrogen and oxygen atoms in total. The fourth-order valence-corrected chi connectivity index (χ4v) is 5.05. The van der Waals surface area contributed by atoms with Crippen LogP contribution < -0.4 is 4.74 Å². The molecule has 0 saturated heterocycles. The van der Waals surface area contributed by atoms with Gasteiger partial charge in [-0.3, -0.25) is 9.78 Å². The van der Waals surface area contributed by atoms with Gasteiger partial charge in [0.15, 0.2) is 0 Å². The quantitative estimate of drug-likeness (QED) is 0.560. The first-order valence-corrected chi connectivity index (χ1v) is 10.1. The van der Waals surface area contributed by atoms with Crippen LogP contribution in [-0.4, -0.2) is 29.4 Å². The summed E-state index contributed by atoms with van der Waals surface area (Å²) in [5.41, 5.74) is 4.37. The van der Waals surface area contributed by atoms with Crippen molar-refractivity contribution in [3.63, 3.8) is 0 Å². The van der Waals surface area contributed by atoms with E-state index >= 15 is 0 Å². The lowest BCUT2D eigenvalue weighted by Gasteiger charge is -2.33. The van der Waals surface area contributed by atoms with E-state index < -0.39 is 0 Å². The van der Waals surface area contributed by atoms with E-state index in [1.165, 1.54) is 23.0 Å². The molecule has 142 valence electrons. The molecule has 1 aliphatic heterocycles. The van der Waals surface area contributed by atoms with Crippen LogP contribution in [-0.2, 0) is 11.3 Å². The van der Waals surface area contributed by atoms with E-state index in [1.807, 2.05) is 35.4 Å². The summed E-state index contributed by atoms with van der Waals surface area (Å²) in [6, 6.07) is 12.2. The molecule has 3 heterocycles. The van der Waals surface area contributed by atoms with Gasteiger partial charge in [-0.2, -0.15) is 0 Å². The van der Waals surface area contributed by atoms with Crippen LogP contribution in [0.15, 0.2) is 61.4 Å². The van der Waals surface area contributed by atoms with E-state index in [9.17, 15) is 4.79 Å². The van der Waals surface area contributed by atoms with Crippen molar-refractivity contribution in [2.24, 2.45) is 0 Å². The number of pyridine rings is 1. The number of aromatic nitrogens is 1. The van der Waals surface area contributed by atoms with Crippen LogP contribution in [0.5, 0.6) is 5.75 Å². The maximum atomic E-state index is 12.4. The number of amides is 1. The largest absolute Gasteiger partial charge is 0.495 e. The van der Waals surface area contributed by atoms with Gasteiger partial charge in [0, 0.05) is 29.1 Å². The average molecular weight is 411 g/mol. The summed E-state index contributed by atoms with van der Waals surface area (Å²) in [5, 5.41) is 0. The van der Waals surface area contributed by atoms with Crippen LogP contribution in [0.4, 0.5) is 0 Å². The van der Waals surface area contributed by atoms with Crippen molar-refractivity contribution in [3.05, 3.63) is 81.8 Å². The number of methoxy groups -OCH3 is 1. The lowest BCUT2D eigenvalue weighted by molar-refractivity contribution is -0.127. The molecular weight excluding hydrogens is 392 g/mol. The predicted octanol–water partition coefficient (Wildman–Crippen LogP) is 5.13. The van der Waals surface area contributed by atoms with Crippen molar-refractivity contribution in [2.45, 2.75) is 12.5 Å². The third kappa shape index (κ3) is 3.43. The summed E-state index contributed by atoms with van der Waals surface area (Å²) < 4.78 is 6.08. The number of hydrogen-bond donors (Lipinski definition) is 0. The number of carbonyl (C=O) groups excluding carboxylic acids is 1. The van der Waals surface area contributed by atoms with E-state index in [2.05, 4.69) is 23.7 Å². The molecule has 0 aliphatic carbocycles. The number of hydrogen-bond acceptors (Lipinski definition) is 4. The predicted molar refractivity (Wildman–Crippen MR) is 113 cm³/mol. The SMILES string of the molecule is C=CC(=O)N1Cc2sc(Cl)cc2[C@H](c2ccccc2-c2cncc(OC)c2)C1. The molecule has 0 bridgehead atoms. The number of benzene rings is 1. The summed E-state index contributed by atoms with van der Waals surface area (Å²) in [4.78, 5) is 19.6. The fourth-order valence-electron chi connectivity index (χ4n) is 3.69. The molecule has 2 aromatic heterocycles. The van der Waals surface area contributed by atoms with E-state index in [0.717, 1.165) is 25.9 Å².